The lowest BCUT2D eigenvalue weighted by molar-refractivity contribution is 0.0913. The van der Waals surface area contributed by atoms with Crippen LogP contribution in [-0.2, 0) is 0 Å². The number of carbonyl (C=O) groups is 1. The van der Waals surface area contributed by atoms with Gasteiger partial charge in [-0.3, -0.25) is 4.79 Å². The van der Waals surface area contributed by atoms with Crippen molar-refractivity contribution in [3.05, 3.63) is 33.8 Å². The Balaban J connectivity index is 2.66. The van der Waals surface area contributed by atoms with Gasteiger partial charge in [-0.25, -0.2) is 0 Å². The van der Waals surface area contributed by atoms with Crippen LogP contribution in [0.4, 0.5) is 0 Å². The van der Waals surface area contributed by atoms with E-state index in [-0.39, 0.29) is 5.91 Å². The van der Waals surface area contributed by atoms with E-state index in [1.165, 1.54) is 0 Å². The molecule has 2 N–H and O–H groups in total. The van der Waals surface area contributed by atoms with Crippen LogP contribution >= 0.6 is 15.9 Å². The molecule has 1 unspecified atom stereocenters. The van der Waals surface area contributed by atoms with Crippen LogP contribution in [0.5, 0.6) is 0 Å². The van der Waals surface area contributed by atoms with E-state index in [1.54, 1.807) is 6.07 Å². The number of hydrogen-bond acceptors (Lipinski definition) is 2. The average molecular weight is 286 g/mol. The Morgan fingerprint density at radius 3 is 2.81 bits per heavy atom. The Bertz CT molecular complexity index is 379. The highest BCUT2D eigenvalue weighted by Crippen LogP contribution is 2.15. The third kappa shape index (κ3) is 3.61. The number of carbonyl (C=O) groups excluding carboxylic acids is 1. The van der Waals surface area contributed by atoms with Crippen molar-refractivity contribution in [1.29, 1.82) is 0 Å². The highest BCUT2D eigenvalue weighted by atomic mass is 79.9. The molecule has 88 valence electrons. The van der Waals surface area contributed by atoms with Gasteiger partial charge in [0, 0.05) is 16.6 Å². The van der Waals surface area contributed by atoms with Crippen LogP contribution in [0.15, 0.2) is 22.7 Å². The van der Waals surface area contributed by atoms with Gasteiger partial charge in [0.05, 0.1) is 6.10 Å². The van der Waals surface area contributed by atoms with E-state index >= 15 is 0 Å². The van der Waals surface area contributed by atoms with Crippen molar-refractivity contribution >= 4 is 21.8 Å². The van der Waals surface area contributed by atoms with Crippen LogP contribution in [0.3, 0.4) is 0 Å². The molecule has 0 bridgehead atoms. The van der Waals surface area contributed by atoms with Gasteiger partial charge in [-0.05, 0) is 37.1 Å². The van der Waals surface area contributed by atoms with Gasteiger partial charge in [0.1, 0.15) is 0 Å². The summed E-state index contributed by atoms with van der Waals surface area (Å²) < 4.78 is 0.954. The molecule has 0 aromatic heterocycles. The fraction of sp³-hybridized carbons (Fsp3) is 0.417. The van der Waals surface area contributed by atoms with E-state index in [0.717, 1.165) is 10.0 Å². The summed E-state index contributed by atoms with van der Waals surface area (Å²) in [6.45, 7) is 4.06. The van der Waals surface area contributed by atoms with Crippen LogP contribution < -0.4 is 5.32 Å². The molecule has 0 fully saturated rings. The first-order chi connectivity index (χ1) is 7.54. The lowest BCUT2D eigenvalue weighted by Crippen LogP contribution is -2.32. The molecular formula is C12H16BrNO2. The number of nitrogens with one attached hydrogen (secondary N) is 1. The van der Waals surface area contributed by atoms with Crippen molar-refractivity contribution < 1.29 is 9.90 Å². The van der Waals surface area contributed by atoms with Crippen molar-refractivity contribution in [3.8, 4) is 0 Å². The van der Waals surface area contributed by atoms with Crippen molar-refractivity contribution in [2.24, 2.45) is 0 Å². The molecule has 3 nitrogen and oxygen atoms in total. The minimum atomic E-state index is -0.472. The zero-order chi connectivity index (χ0) is 12.1. The SMILES string of the molecule is CCC(O)CNC(=O)c1ccc(Br)cc1C. The fourth-order valence-corrected chi connectivity index (χ4v) is 1.81. The van der Waals surface area contributed by atoms with Crippen LogP contribution in [0, 0.1) is 6.92 Å². The molecule has 0 saturated heterocycles. The number of halogens is 1. The molecule has 0 saturated carbocycles. The van der Waals surface area contributed by atoms with Crippen LogP contribution in [0.1, 0.15) is 29.3 Å². The minimum Gasteiger partial charge on any atom is -0.391 e. The van der Waals surface area contributed by atoms with E-state index in [9.17, 15) is 9.90 Å². The molecule has 0 aliphatic rings. The first-order valence-electron chi connectivity index (χ1n) is 5.27. The summed E-state index contributed by atoms with van der Waals surface area (Å²) in [4.78, 5) is 11.8. The van der Waals surface area contributed by atoms with Crippen molar-refractivity contribution in [1.82, 2.24) is 5.32 Å². The molecule has 0 aliphatic carbocycles. The van der Waals surface area contributed by atoms with Gasteiger partial charge in [0.2, 0.25) is 0 Å². The Labute approximate surface area is 104 Å². The van der Waals surface area contributed by atoms with Gasteiger partial charge < -0.3 is 10.4 Å². The predicted octanol–water partition coefficient (Wildman–Crippen LogP) is 2.26. The summed E-state index contributed by atoms with van der Waals surface area (Å²) >= 11 is 3.35. The van der Waals surface area contributed by atoms with E-state index in [4.69, 9.17) is 0 Å². The van der Waals surface area contributed by atoms with Gasteiger partial charge in [-0.2, -0.15) is 0 Å². The third-order valence-corrected chi connectivity index (χ3v) is 2.90. The van der Waals surface area contributed by atoms with Crippen molar-refractivity contribution in [2.45, 2.75) is 26.4 Å². The lowest BCUT2D eigenvalue weighted by atomic mass is 10.1. The smallest absolute Gasteiger partial charge is 0.251 e. The minimum absolute atomic E-state index is 0.141. The molecule has 0 aliphatic heterocycles. The molecule has 16 heavy (non-hydrogen) atoms. The average Bonchev–Trinajstić information content (AvgIpc) is 2.25. The van der Waals surface area contributed by atoms with Gasteiger partial charge in [0.25, 0.3) is 5.91 Å². The maximum atomic E-state index is 11.8. The van der Waals surface area contributed by atoms with E-state index < -0.39 is 6.10 Å². The Morgan fingerprint density at radius 1 is 1.56 bits per heavy atom. The summed E-state index contributed by atoms with van der Waals surface area (Å²) in [6.07, 6.45) is 0.166. The molecular weight excluding hydrogens is 270 g/mol. The Kier molecular flexibility index (Phi) is 4.96. The van der Waals surface area contributed by atoms with Crippen molar-refractivity contribution in [3.63, 3.8) is 0 Å². The number of rotatable bonds is 4. The van der Waals surface area contributed by atoms with Gasteiger partial charge in [0.15, 0.2) is 0 Å². The predicted molar refractivity (Wildman–Crippen MR) is 67.5 cm³/mol. The van der Waals surface area contributed by atoms with Gasteiger partial charge >= 0.3 is 0 Å². The number of amides is 1. The second kappa shape index (κ2) is 6.01. The second-order valence-corrected chi connectivity index (χ2v) is 4.65. The number of aliphatic hydroxyl groups is 1. The fourth-order valence-electron chi connectivity index (χ4n) is 1.33. The number of benzene rings is 1. The molecule has 0 radical (unpaired) electrons. The molecule has 1 aromatic carbocycles. The molecule has 1 rings (SSSR count). The summed E-state index contributed by atoms with van der Waals surface area (Å²) in [5.74, 6) is -0.141. The maximum Gasteiger partial charge on any atom is 0.251 e. The second-order valence-electron chi connectivity index (χ2n) is 3.73. The molecule has 1 aromatic rings. The quantitative estimate of drug-likeness (QED) is 0.892. The van der Waals surface area contributed by atoms with E-state index in [0.29, 0.717) is 18.5 Å². The normalized spacial score (nSPS) is 12.2. The van der Waals surface area contributed by atoms with Crippen molar-refractivity contribution in [2.75, 3.05) is 6.54 Å². The van der Waals surface area contributed by atoms with Gasteiger partial charge in [-0.15, -0.1) is 0 Å². The number of hydrogen-bond donors (Lipinski definition) is 2. The summed E-state index contributed by atoms with van der Waals surface area (Å²) in [7, 11) is 0. The highest BCUT2D eigenvalue weighted by molar-refractivity contribution is 9.10. The zero-order valence-electron chi connectivity index (χ0n) is 9.46. The monoisotopic (exact) mass is 285 g/mol. The summed E-state index contributed by atoms with van der Waals surface area (Å²) in [5, 5.41) is 12.1. The molecule has 0 spiro atoms. The van der Waals surface area contributed by atoms with E-state index in [1.807, 2.05) is 26.0 Å². The molecule has 1 amide bonds. The lowest BCUT2D eigenvalue weighted by Gasteiger charge is -2.11. The molecule has 4 heteroatoms. The first-order valence-corrected chi connectivity index (χ1v) is 6.06. The van der Waals surface area contributed by atoms with Crippen LogP contribution in [0.25, 0.3) is 0 Å². The summed E-state index contributed by atoms with van der Waals surface area (Å²) in [5.41, 5.74) is 1.56. The standard InChI is InChI=1S/C12H16BrNO2/c1-3-10(15)7-14-12(16)11-5-4-9(13)6-8(11)2/h4-6,10,15H,3,7H2,1-2H3,(H,14,16). The van der Waals surface area contributed by atoms with E-state index in [2.05, 4.69) is 21.2 Å². The topological polar surface area (TPSA) is 49.3 Å². The van der Waals surface area contributed by atoms with Crippen LogP contribution in [-0.4, -0.2) is 23.7 Å². The molecule has 1 atom stereocenters. The number of aliphatic hydroxyl groups excluding tert-OH is 1. The third-order valence-electron chi connectivity index (χ3n) is 2.40. The zero-order valence-corrected chi connectivity index (χ0v) is 11.0. The highest BCUT2D eigenvalue weighted by Gasteiger charge is 2.10. The summed E-state index contributed by atoms with van der Waals surface area (Å²) in [6, 6.07) is 5.50. The largest absolute Gasteiger partial charge is 0.391 e. The Hall–Kier alpha value is -0.870. The maximum absolute atomic E-state index is 11.8. The van der Waals surface area contributed by atoms with Crippen LogP contribution in [0.2, 0.25) is 0 Å². The molecule has 0 heterocycles. The Morgan fingerprint density at radius 2 is 2.25 bits per heavy atom. The number of aryl methyl sites for hydroxylation is 1. The first kappa shape index (κ1) is 13.2. The van der Waals surface area contributed by atoms with Gasteiger partial charge in [-0.1, -0.05) is 22.9 Å².